The van der Waals surface area contributed by atoms with Crippen LogP contribution in [0, 0.1) is 0 Å². The van der Waals surface area contributed by atoms with E-state index in [0.29, 0.717) is 11.9 Å². The topological polar surface area (TPSA) is 26.3 Å². The summed E-state index contributed by atoms with van der Waals surface area (Å²) in [4.78, 5) is 0. The Kier molecular flexibility index (Phi) is 5.23. The van der Waals surface area contributed by atoms with E-state index in [9.17, 15) is 4.57 Å². The predicted molar refractivity (Wildman–Crippen MR) is 63.9 cm³/mol. The summed E-state index contributed by atoms with van der Waals surface area (Å²) in [5.74, 6) is 0. The van der Waals surface area contributed by atoms with Gasteiger partial charge in [-0.25, -0.2) is 0 Å². The molecule has 2 nitrogen and oxygen atoms in total. The Bertz CT molecular complexity index is 333. The van der Waals surface area contributed by atoms with Gasteiger partial charge in [-0.15, -0.1) is 4.52 Å². The molecule has 80 valence electrons. The van der Waals surface area contributed by atoms with Crippen molar-refractivity contribution in [2.45, 2.75) is 19.8 Å². The van der Waals surface area contributed by atoms with Gasteiger partial charge in [-0.05, 0) is 17.6 Å². The molecule has 0 amide bonds. The van der Waals surface area contributed by atoms with E-state index < -0.39 is 8.03 Å². The first kappa shape index (κ1) is 12.1. The zero-order valence-electron chi connectivity index (χ0n) is 8.98. The van der Waals surface area contributed by atoms with Gasteiger partial charge in [0, 0.05) is 5.56 Å². The van der Waals surface area contributed by atoms with E-state index >= 15 is 0 Å². The summed E-state index contributed by atoms with van der Waals surface area (Å²) in [6.07, 6.45) is 1.98. The van der Waals surface area contributed by atoms with E-state index in [1.54, 1.807) is 0 Å². The Labute approximate surface area is 91.8 Å². The quantitative estimate of drug-likeness (QED) is 0.533. The maximum atomic E-state index is 11.6. The van der Waals surface area contributed by atoms with Gasteiger partial charge in [-0.3, -0.25) is 0 Å². The van der Waals surface area contributed by atoms with E-state index in [2.05, 4.69) is 13.5 Å². The second-order valence-corrected chi connectivity index (χ2v) is 4.57. The lowest BCUT2D eigenvalue weighted by Crippen LogP contribution is -1.86. The molecule has 0 spiro atoms. The van der Waals surface area contributed by atoms with Crippen LogP contribution in [-0.2, 0) is 9.09 Å². The molecule has 0 aliphatic carbocycles. The van der Waals surface area contributed by atoms with Crippen molar-refractivity contribution in [3.05, 3.63) is 42.5 Å². The molecule has 0 N–H and O–H groups in total. The lowest BCUT2D eigenvalue weighted by Gasteiger charge is -1.94. The molecule has 3 heteroatoms. The minimum atomic E-state index is -1.77. The van der Waals surface area contributed by atoms with Gasteiger partial charge < -0.3 is 0 Å². The largest absolute Gasteiger partial charge is 0.548 e. The summed E-state index contributed by atoms with van der Waals surface area (Å²) in [5, 5.41) is 0.571. The number of hydrogen-bond donors (Lipinski definition) is 0. The van der Waals surface area contributed by atoms with Crippen LogP contribution in [0.2, 0.25) is 0 Å². The smallest absolute Gasteiger partial charge is 0.142 e. The minimum Gasteiger partial charge on any atom is -0.142 e. The average Bonchev–Trinajstić information content (AvgIpc) is 2.29. The van der Waals surface area contributed by atoms with Crippen LogP contribution in [0.1, 0.15) is 25.3 Å². The summed E-state index contributed by atoms with van der Waals surface area (Å²) < 4.78 is 16.9. The highest BCUT2D eigenvalue weighted by molar-refractivity contribution is 7.51. The summed E-state index contributed by atoms with van der Waals surface area (Å²) in [5.41, 5.74) is 0.884. The van der Waals surface area contributed by atoms with Crippen LogP contribution in [0.15, 0.2) is 36.9 Å². The average molecular weight is 223 g/mol. The van der Waals surface area contributed by atoms with Gasteiger partial charge in [0.05, 0.1) is 0 Å². The third kappa shape index (κ3) is 3.94. The zero-order chi connectivity index (χ0) is 11.1. The first-order valence-corrected chi connectivity index (χ1v) is 6.28. The van der Waals surface area contributed by atoms with Gasteiger partial charge in [-0.2, -0.15) is 0 Å². The summed E-state index contributed by atoms with van der Waals surface area (Å²) in [6.45, 7) is 6.41. The van der Waals surface area contributed by atoms with Gasteiger partial charge in [0.2, 0.25) is 5.31 Å². The van der Waals surface area contributed by atoms with Gasteiger partial charge in [0.1, 0.15) is 6.61 Å². The maximum absolute atomic E-state index is 11.6. The standard InChI is InChI=1S/C12H16O2P/c1-3-4-10-14-15(13)11(2)12-8-6-5-7-9-12/h5-9H,2-4,10H2,1H3/q+1. The third-order valence-electron chi connectivity index (χ3n) is 2.03. The van der Waals surface area contributed by atoms with Crippen LogP contribution in [-0.4, -0.2) is 6.61 Å². The van der Waals surface area contributed by atoms with Gasteiger partial charge >= 0.3 is 8.03 Å². The number of benzene rings is 1. The van der Waals surface area contributed by atoms with Crippen molar-refractivity contribution in [1.82, 2.24) is 0 Å². The Hall–Kier alpha value is -0.980. The molecule has 0 bridgehead atoms. The SMILES string of the molecule is C=C(c1ccccc1)[P+](=O)OCCCC. The molecule has 0 saturated carbocycles. The molecule has 0 aromatic heterocycles. The highest BCUT2D eigenvalue weighted by Crippen LogP contribution is 2.39. The van der Waals surface area contributed by atoms with Crippen molar-refractivity contribution in [3.63, 3.8) is 0 Å². The minimum absolute atomic E-state index is 0.539. The number of rotatable bonds is 6. The zero-order valence-corrected chi connectivity index (χ0v) is 9.87. The fourth-order valence-corrected chi connectivity index (χ4v) is 1.92. The summed E-state index contributed by atoms with van der Waals surface area (Å²) in [6, 6.07) is 9.49. The van der Waals surface area contributed by atoms with E-state index in [0.717, 1.165) is 18.4 Å². The van der Waals surface area contributed by atoms with E-state index in [4.69, 9.17) is 4.52 Å². The molecule has 0 heterocycles. The number of unbranched alkanes of at least 4 members (excludes halogenated alkanes) is 1. The van der Waals surface area contributed by atoms with Crippen molar-refractivity contribution in [1.29, 1.82) is 0 Å². The predicted octanol–water partition coefficient (Wildman–Crippen LogP) is 4.22. The molecule has 0 fully saturated rings. The van der Waals surface area contributed by atoms with Crippen LogP contribution in [0.5, 0.6) is 0 Å². The second-order valence-electron chi connectivity index (χ2n) is 3.26. The van der Waals surface area contributed by atoms with Crippen molar-refractivity contribution >= 4 is 13.3 Å². The van der Waals surface area contributed by atoms with E-state index in [1.807, 2.05) is 30.3 Å². The number of hydrogen-bond acceptors (Lipinski definition) is 2. The lowest BCUT2D eigenvalue weighted by molar-refractivity contribution is 0.327. The summed E-state index contributed by atoms with van der Waals surface area (Å²) >= 11 is 0. The Morgan fingerprint density at radius 3 is 2.67 bits per heavy atom. The Balaban J connectivity index is 2.50. The molecule has 0 saturated heterocycles. The highest BCUT2D eigenvalue weighted by atomic mass is 31.1. The van der Waals surface area contributed by atoms with Crippen molar-refractivity contribution in [2.75, 3.05) is 6.61 Å². The monoisotopic (exact) mass is 223 g/mol. The molecule has 0 aliphatic rings. The molecule has 1 rings (SSSR count). The Morgan fingerprint density at radius 1 is 1.40 bits per heavy atom. The van der Waals surface area contributed by atoms with Crippen LogP contribution < -0.4 is 0 Å². The van der Waals surface area contributed by atoms with Crippen LogP contribution >= 0.6 is 8.03 Å². The van der Waals surface area contributed by atoms with Crippen LogP contribution in [0.3, 0.4) is 0 Å². The second kappa shape index (κ2) is 6.49. The maximum Gasteiger partial charge on any atom is 0.548 e. The van der Waals surface area contributed by atoms with Gasteiger partial charge in [0.25, 0.3) is 0 Å². The molecular weight excluding hydrogens is 207 g/mol. The lowest BCUT2D eigenvalue weighted by atomic mass is 10.2. The fourth-order valence-electron chi connectivity index (χ4n) is 1.11. The molecule has 1 atom stereocenters. The third-order valence-corrected chi connectivity index (χ3v) is 3.15. The highest BCUT2D eigenvalue weighted by Gasteiger charge is 2.24. The molecule has 0 aliphatic heterocycles. The first-order valence-electron chi connectivity index (χ1n) is 5.10. The molecule has 1 aromatic rings. The van der Waals surface area contributed by atoms with E-state index in [-0.39, 0.29) is 0 Å². The molecule has 1 aromatic carbocycles. The molecule has 1 unspecified atom stereocenters. The van der Waals surface area contributed by atoms with E-state index in [1.165, 1.54) is 0 Å². The molecule has 0 radical (unpaired) electrons. The summed E-state index contributed by atoms with van der Waals surface area (Å²) in [7, 11) is -1.77. The Morgan fingerprint density at radius 2 is 2.07 bits per heavy atom. The van der Waals surface area contributed by atoms with Crippen molar-refractivity contribution in [2.24, 2.45) is 0 Å². The van der Waals surface area contributed by atoms with Crippen LogP contribution in [0.4, 0.5) is 0 Å². The normalized spacial score (nSPS) is 11.1. The molecule has 15 heavy (non-hydrogen) atoms. The van der Waals surface area contributed by atoms with Gasteiger partial charge in [-0.1, -0.05) is 43.7 Å². The fraction of sp³-hybridized carbons (Fsp3) is 0.333. The van der Waals surface area contributed by atoms with Crippen molar-refractivity contribution in [3.8, 4) is 0 Å². The van der Waals surface area contributed by atoms with Gasteiger partial charge in [0.15, 0.2) is 0 Å². The van der Waals surface area contributed by atoms with Crippen LogP contribution in [0.25, 0.3) is 5.31 Å². The van der Waals surface area contributed by atoms with Crippen molar-refractivity contribution < 1.29 is 9.09 Å². The first-order chi connectivity index (χ1) is 7.25. The molecular formula is C12H16O2P+.